The molecule has 0 saturated carbocycles. The van der Waals surface area contributed by atoms with Crippen molar-refractivity contribution in [1.82, 2.24) is 9.78 Å². The molecule has 3 aromatic rings. The maximum atomic E-state index is 13.1. The van der Waals surface area contributed by atoms with Crippen molar-refractivity contribution in [3.8, 4) is 11.1 Å². The van der Waals surface area contributed by atoms with Gasteiger partial charge in [-0.2, -0.15) is 5.10 Å². The number of methoxy groups -OCH3 is 1. The molecule has 0 fully saturated rings. The molecule has 1 aliphatic rings. The van der Waals surface area contributed by atoms with E-state index in [0.717, 1.165) is 11.1 Å². The minimum absolute atomic E-state index is 0.0492. The summed E-state index contributed by atoms with van der Waals surface area (Å²) in [5, 5.41) is 11.0. The van der Waals surface area contributed by atoms with Crippen LogP contribution in [0.3, 0.4) is 0 Å². The predicted molar refractivity (Wildman–Crippen MR) is 116 cm³/mol. The molecule has 2 amide bonds. The SMILES string of the molecule is COCc1nn2c(c1-c1ccccc1)NC(=O)CC2C(=O)Nc1ccc(Cl)cc1Cl. The lowest BCUT2D eigenvalue weighted by Gasteiger charge is -2.24. The van der Waals surface area contributed by atoms with Crippen LogP contribution in [0.4, 0.5) is 11.5 Å². The average Bonchev–Trinajstić information content (AvgIpc) is 3.08. The highest BCUT2D eigenvalue weighted by molar-refractivity contribution is 6.36. The summed E-state index contributed by atoms with van der Waals surface area (Å²) in [6, 6.07) is 13.5. The Kier molecular flexibility index (Phi) is 5.76. The predicted octanol–water partition coefficient (Wildman–Crippen LogP) is 4.53. The summed E-state index contributed by atoms with van der Waals surface area (Å²) in [4.78, 5) is 25.5. The lowest BCUT2D eigenvalue weighted by atomic mass is 10.0. The first kappa shape index (κ1) is 20.4. The van der Waals surface area contributed by atoms with Gasteiger partial charge in [0.2, 0.25) is 11.8 Å². The Hall–Kier alpha value is -2.87. The number of rotatable bonds is 5. The molecule has 0 radical (unpaired) electrons. The second kappa shape index (κ2) is 8.47. The molecule has 1 aliphatic heterocycles. The van der Waals surface area contributed by atoms with Gasteiger partial charge in [-0.1, -0.05) is 53.5 Å². The maximum absolute atomic E-state index is 13.1. The molecule has 9 heteroatoms. The van der Waals surface area contributed by atoms with Gasteiger partial charge in [-0.05, 0) is 23.8 Å². The Bertz CT molecular complexity index is 1110. The van der Waals surface area contributed by atoms with E-state index in [2.05, 4.69) is 15.7 Å². The van der Waals surface area contributed by atoms with Crippen LogP contribution in [-0.2, 0) is 20.9 Å². The van der Waals surface area contributed by atoms with Gasteiger partial charge in [0.25, 0.3) is 0 Å². The summed E-state index contributed by atoms with van der Waals surface area (Å²) in [6.45, 7) is 0.234. The second-order valence-electron chi connectivity index (χ2n) is 6.80. The normalized spacial score (nSPS) is 15.4. The van der Waals surface area contributed by atoms with Gasteiger partial charge in [0, 0.05) is 17.7 Å². The van der Waals surface area contributed by atoms with Crippen LogP contribution in [0.5, 0.6) is 0 Å². The summed E-state index contributed by atoms with van der Waals surface area (Å²) in [5.74, 6) is -0.209. The van der Waals surface area contributed by atoms with Crippen LogP contribution in [0.15, 0.2) is 48.5 Å². The van der Waals surface area contributed by atoms with Crippen LogP contribution >= 0.6 is 23.2 Å². The Labute approximate surface area is 182 Å². The van der Waals surface area contributed by atoms with Gasteiger partial charge >= 0.3 is 0 Å². The van der Waals surface area contributed by atoms with E-state index >= 15 is 0 Å². The van der Waals surface area contributed by atoms with Gasteiger partial charge in [0.05, 0.1) is 29.4 Å². The van der Waals surface area contributed by atoms with Gasteiger partial charge in [-0.3, -0.25) is 9.59 Å². The van der Waals surface area contributed by atoms with Crippen molar-refractivity contribution in [2.45, 2.75) is 19.1 Å². The molecule has 0 spiro atoms. The number of nitrogens with one attached hydrogen (secondary N) is 2. The molecule has 2 aromatic carbocycles. The van der Waals surface area contributed by atoms with E-state index in [1.165, 1.54) is 10.7 Å². The highest BCUT2D eigenvalue weighted by Crippen LogP contribution is 2.38. The van der Waals surface area contributed by atoms with Crippen molar-refractivity contribution in [2.75, 3.05) is 17.7 Å². The number of anilines is 2. The van der Waals surface area contributed by atoms with E-state index in [1.54, 1.807) is 19.2 Å². The molecule has 7 nitrogen and oxygen atoms in total. The number of halogens is 2. The number of hydrogen-bond acceptors (Lipinski definition) is 4. The number of nitrogens with zero attached hydrogens (tertiary/aromatic N) is 2. The molecular weight excluding hydrogens is 427 g/mol. The smallest absolute Gasteiger partial charge is 0.249 e. The van der Waals surface area contributed by atoms with Crippen molar-refractivity contribution in [2.24, 2.45) is 0 Å². The zero-order valence-corrected chi connectivity index (χ0v) is 17.5. The molecular formula is C21H18Cl2N4O3. The molecule has 1 atom stereocenters. The summed E-state index contributed by atoms with van der Waals surface area (Å²) < 4.78 is 6.83. The zero-order valence-electron chi connectivity index (χ0n) is 16.0. The molecule has 0 aliphatic carbocycles. The number of fused-ring (bicyclic) bond motifs is 1. The van der Waals surface area contributed by atoms with Crippen LogP contribution in [0, 0.1) is 0 Å². The number of carbonyl (C=O) groups excluding carboxylic acids is 2. The minimum atomic E-state index is -0.839. The fourth-order valence-electron chi connectivity index (χ4n) is 3.43. The van der Waals surface area contributed by atoms with Crippen LogP contribution in [-0.4, -0.2) is 28.7 Å². The number of benzene rings is 2. The Balaban J connectivity index is 1.74. The number of hydrogen-bond donors (Lipinski definition) is 2. The number of amides is 2. The van der Waals surface area contributed by atoms with E-state index in [9.17, 15) is 9.59 Å². The topological polar surface area (TPSA) is 85.2 Å². The highest BCUT2D eigenvalue weighted by atomic mass is 35.5. The first-order valence-electron chi connectivity index (χ1n) is 9.19. The lowest BCUT2D eigenvalue weighted by Crippen LogP contribution is -2.36. The van der Waals surface area contributed by atoms with Crippen molar-refractivity contribution in [3.05, 3.63) is 64.3 Å². The van der Waals surface area contributed by atoms with Gasteiger partial charge < -0.3 is 15.4 Å². The van der Waals surface area contributed by atoms with Crippen LogP contribution < -0.4 is 10.6 Å². The standard InChI is InChI=1S/C21H18Cl2N4O3/c1-30-11-16-19(12-5-3-2-4-6-12)20-25-18(28)10-17(27(20)26-16)21(29)24-15-8-7-13(22)9-14(15)23/h2-9,17H,10-11H2,1H3,(H,24,29)(H,25,28). The molecule has 30 heavy (non-hydrogen) atoms. The van der Waals surface area contributed by atoms with Crippen LogP contribution in [0.1, 0.15) is 18.2 Å². The zero-order chi connectivity index (χ0) is 21.3. The third-order valence-corrected chi connectivity index (χ3v) is 5.30. The van der Waals surface area contributed by atoms with Gasteiger partial charge in [0.1, 0.15) is 11.9 Å². The second-order valence-corrected chi connectivity index (χ2v) is 7.64. The van der Waals surface area contributed by atoms with E-state index in [0.29, 0.717) is 27.2 Å². The van der Waals surface area contributed by atoms with E-state index < -0.39 is 11.9 Å². The lowest BCUT2D eigenvalue weighted by molar-refractivity contribution is -0.125. The van der Waals surface area contributed by atoms with Crippen molar-refractivity contribution < 1.29 is 14.3 Å². The quantitative estimate of drug-likeness (QED) is 0.605. The van der Waals surface area contributed by atoms with Crippen LogP contribution in [0.2, 0.25) is 10.0 Å². The molecule has 1 unspecified atom stereocenters. The first-order valence-corrected chi connectivity index (χ1v) is 9.95. The largest absolute Gasteiger partial charge is 0.378 e. The van der Waals surface area contributed by atoms with Gasteiger partial charge in [0.15, 0.2) is 0 Å². The fraction of sp³-hybridized carbons (Fsp3) is 0.190. The van der Waals surface area contributed by atoms with E-state index in [1.807, 2.05) is 30.3 Å². The summed E-state index contributed by atoms with van der Waals surface area (Å²) >= 11 is 12.1. The Morgan fingerprint density at radius 2 is 2.03 bits per heavy atom. The molecule has 2 N–H and O–H groups in total. The van der Waals surface area contributed by atoms with Gasteiger partial charge in [-0.15, -0.1) is 0 Å². The third kappa shape index (κ3) is 3.92. The summed E-state index contributed by atoms with van der Waals surface area (Å²) in [7, 11) is 1.57. The van der Waals surface area contributed by atoms with Crippen molar-refractivity contribution in [1.29, 1.82) is 0 Å². The monoisotopic (exact) mass is 444 g/mol. The van der Waals surface area contributed by atoms with Crippen molar-refractivity contribution in [3.63, 3.8) is 0 Å². The molecule has 0 saturated heterocycles. The van der Waals surface area contributed by atoms with Crippen molar-refractivity contribution >= 4 is 46.5 Å². The third-order valence-electron chi connectivity index (χ3n) is 4.75. The molecule has 0 bridgehead atoms. The molecule has 4 rings (SSSR count). The Morgan fingerprint density at radius 3 is 2.73 bits per heavy atom. The number of aromatic nitrogens is 2. The number of ether oxygens (including phenoxy) is 1. The first-order chi connectivity index (χ1) is 14.5. The highest BCUT2D eigenvalue weighted by Gasteiger charge is 2.35. The van der Waals surface area contributed by atoms with E-state index in [-0.39, 0.29) is 18.9 Å². The summed E-state index contributed by atoms with van der Waals surface area (Å²) in [5.41, 5.74) is 2.63. The minimum Gasteiger partial charge on any atom is -0.378 e. The molecule has 154 valence electrons. The summed E-state index contributed by atoms with van der Waals surface area (Å²) in [6.07, 6.45) is -0.0492. The molecule has 1 aromatic heterocycles. The average molecular weight is 445 g/mol. The fourth-order valence-corrected chi connectivity index (χ4v) is 3.88. The maximum Gasteiger partial charge on any atom is 0.249 e. The molecule has 2 heterocycles. The Morgan fingerprint density at radius 1 is 1.27 bits per heavy atom. The number of carbonyl (C=O) groups is 2. The van der Waals surface area contributed by atoms with Gasteiger partial charge in [-0.25, -0.2) is 4.68 Å². The van der Waals surface area contributed by atoms with E-state index in [4.69, 9.17) is 27.9 Å². The van der Waals surface area contributed by atoms with Crippen LogP contribution in [0.25, 0.3) is 11.1 Å².